The maximum absolute atomic E-state index is 4.42. The lowest BCUT2D eigenvalue weighted by Gasteiger charge is -2.02. The second kappa shape index (κ2) is 3.56. The highest BCUT2D eigenvalue weighted by atomic mass is 32.1. The molecule has 2 nitrogen and oxygen atoms in total. The fraction of sp³-hybridized carbons (Fsp3) is 0.133. The summed E-state index contributed by atoms with van der Waals surface area (Å²) in [7, 11) is 0. The first kappa shape index (κ1) is 10.1. The van der Waals surface area contributed by atoms with Gasteiger partial charge in [-0.15, -0.1) is 11.3 Å². The van der Waals surface area contributed by atoms with Gasteiger partial charge in [0.15, 0.2) is 0 Å². The number of rotatable bonds is 1. The van der Waals surface area contributed by atoms with Crippen LogP contribution in [0.4, 0.5) is 0 Å². The van der Waals surface area contributed by atoms with Crippen LogP contribution in [-0.4, -0.2) is 9.55 Å². The molecule has 4 aromatic rings. The van der Waals surface area contributed by atoms with Gasteiger partial charge in [-0.3, -0.25) is 0 Å². The van der Waals surface area contributed by atoms with E-state index < -0.39 is 0 Å². The number of hydrogen-bond acceptors (Lipinski definition) is 2. The summed E-state index contributed by atoms with van der Waals surface area (Å²) in [5.74, 6) is 0. The molecule has 2 aromatic heterocycles. The van der Waals surface area contributed by atoms with E-state index >= 15 is 0 Å². The van der Waals surface area contributed by atoms with Crippen LogP contribution in [0.25, 0.3) is 32.0 Å². The molecule has 0 unspecified atom stereocenters. The van der Waals surface area contributed by atoms with Crippen LogP contribution in [0.2, 0.25) is 0 Å². The van der Waals surface area contributed by atoms with Gasteiger partial charge in [0.05, 0.1) is 21.2 Å². The molecule has 0 saturated heterocycles. The zero-order valence-electron chi connectivity index (χ0n) is 10.1. The zero-order valence-corrected chi connectivity index (χ0v) is 10.9. The smallest absolute Gasteiger partial charge is 0.0819 e. The Kier molecular flexibility index (Phi) is 2.00. The fourth-order valence-electron chi connectivity index (χ4n) is 2.74. The van der Waals surface area contributed by atoms with E-state index in [1.807, 2.05) is 5.51 Å². The Balaban J connectivity index is 2.32. The summed E-state index contributed by atoms with van der Waals surface area (Å²) in [4.78, 5) is 4.42. The largest absolute Gasteiger partial charge is 0.341 e. The molecule has 88 valence electrons. The Morgan fingerprint density at radius 3 is 2.89 bits per heavy atom. The van der Waals surface area contributed by atoms with Crippen molar-refractivity contribution in [3.63, 3.8) is 0 Å². The molecular formula is C15H12N2S. The Labute approximate surface area is 108 Å². The number of aryl methyl sites for hydroxylation is 1. The molecule has 2 aromatic carbocycles. The molecule has 0 aliphatic carbocycles. The second-order valence-corrected chi connectivity index (χ2v) is 5.34. The lowest BCUT2D eigenvalue weighted by Crippen LogP contribution is -1.92. The van der Waals surface area contributed by atoms with Crippen molar-refractivity contribution in [2.24, 2.45) is 0 Å². The third-order valence-electron chi connectivity index (χ3n) is 3.54. The monoisotopic (exact) mass is 252 g/mol. The van der Waals surface area contributed by atoms with Crippen molar-refractivity contribution in [1.29, 1.82) is 0 Å². The second-order valence-electron chi connectivity index (χ2n) is 4.45. The third kappa shape index (κ3) is 1.20. The third-order valence-corrected chi connectivity index (χ3v) is 4.33. The van der Waals surface area contributed by atoms with E-state index in [0.29, 0.717) is 0 Å². The maximum atomic E-state index is 4.42. The highest BCUT2D eigenvalue weighted by molar-refractivity contribution is 7.16. The molecule has 18 heavy (non-hydrogen) atoms. The average molecular weight is 252 g/mol. The van der Waals surface area contributed by atoms with E-state index in [9.17, 15) is 0 Å². The highest BCUT2D eigenvalue weighted by Gasteiger charge is 2.10. The maximum Gasteiger partial charge on any atom is 0.0819 e. The van der Waals surface area contributed by atoms with Crippen molar-refractivity contribution in [2.75, 3.05) is 0 Å². The van der Waals surface area contributed by atoms with Crippen molar-refractivity contribution in [1.82, 2.24) is 9.55 Å². The van der Waals surface area contributed by atoms with Crippen LogP contribution >= 0.6 is 11.3 Å². The molecule has 0 aliphatic heterocycles. The van der Waals surface area contributed by atoms with Crippen LogP contribution in [0.5, 0.6) is 0 Å². The number of para-hydroxylation sites is 1. The van der Waals surface area contributed by atoms with Gasteiger partial charge >= 0.3 is 0 Å². The predicted molar refractivity (Wildman–Crippen MR) is 78.3 cm³/mol. The summed E-state index contributed by atoms with van der Waals surface area (Å²) in [6.45, 7) is 3.19. The van der Waals surface area contributed by atoms with Crippen molar-refractivity contribution in [3.8, 4) is 0 Å². The predicted octanol–water partition coefficient (Wildman–Crippen LogP) is 4.42. The van der Waals surface area contributed by atoms with E-state index in [1.165, 1.54) is 26.5 Å². The number of benzene rings is 2. The number of thiazole rings is 1. The van der Waals surface area contributed by atoms with Crippen LogP contribution in [0.3, 0.4) is 0 Å². The first-order valence-electron chi connectivity index (χ1n) is 6.12. The minimum Gasteiger partial charge on any atom is -0.341 e. The summed E-state index contributed by atoms with van der Waals surface area (Å²) in [5, 5.41) is 2.63. The Hall–Kier alpha value is -1.87. The Bertz CT molecular complexity index is 870. The minimum absolute atomic E-state index is 0.994. The van der Waals surface area contributed by atoms with E-state index in [4.69, 9.17) is 0 Å². The molecule has 0 bridgehead atoms. The zero-order chi connectivity index (χ0) is 12.1. The highest BCUT2D eigenvalue weighted by Crippen LogP contribution is 2.32. The summed E-state index contributed by atoms with van der Waals surface area (Å²) < 4.78 is 3.64. The molecule has 0 aliphatic rings. The van der Waals surface area contributed by atoms with E-state index in [0.717, 1.165) is 12.1 Å². The molecular weight excluding hydrogens is 240 g/mol. The Morgan fingerprint density at radius 1 is 1.11 bits per heavy atom. The lowest BCUT2D eigenvalue weighted by molar-refractivity contribution is 0.827. The molecule has 0 N–H and O–H groups in total. The van der Waals surface area contributed by atoms with Gasteiger partial charge < -0.3 is 4.57 Å². The van der Waals surface area contributed by atoms with Crippen LogP contribution < -0.4 is 0 Å². The number of hydrogen-bond donors (Lipinski definition) is 0. The quantitative estimate of drug-likeness (QED) is 0.490. The molecule has 0 amide bonds. The number of aromatic nitrogens is 2. The average Bonchev–Trinajstić information content (AvgIpc) is 2.97. The standard InChI is InChI=1S/C15H12N2S/c1-2-17-13-6-4-3-5-10(13)11-7-12-15(8-14(11)17)18-9-16-12/h3-9H,2H2,1H3. The topological polar surface area (TPSA) is 17.8 Å². The van der Waals surface area contributed by atoms with E-state index in [2.05, 4.69) is 52.9 Å². The number of nitrogens with zero attached hydrogens (tertiary/aromatic N) is 2. The van der Waals surface area contributed by atoms with Gasteiger partial charge in [-0.05, 0) is 25.1 Å². The van der Waals surface area contributed by atoms with Crippen LogP contribution in [0.1, 0.15) is 6.92 Å². The van der Waals surface area contributed by atoms with Crippen LogP contribution in [0, 0.1) is 0 Å². The van der Waals surface area contributed by atoms with Gasteiger partial charge in [-0.25, -0.2) is 4.98 Å². The normalized spacial score (nSPS) is 11.8. The first-order chi connectivity index (χ1) is 8.88. The summed E-state index contributed by atoms with van der Waals surface area (Å²) in [5.41, 5.74) is 5.65. The van der Waals surface area contributed by atoms with E-state index in [-0.39, 0.29) is 0 Å². The first-order valence-corrected chi connectivity index (χ1v) is 7.00. The summed E-state index contributed by atoms with van der Waals surface area (Å²) in [6.07, 6.45) is 0. The van der Waals surface area contributed by atoms with Crippen molar-refractivity contribution in [3.05, 3.63) is 41.9 Å². The van der Waals surface area contributed by atoms with Crippen molar-refractivity contribution >= 4 is 43.4 Å². The summed E-state index contributed by atoms with van der Waals surface area (Å²) in [6, 6.07) is 13.1. The van der Waals surface area contributed by atoms with Gasteiger partial charge in [-0.2, -0.15) is 0 Å². The van der Waals surface area contributed by atoms with Crippen molar-refractivity contribution in [2.45, 2.75) is 13.5 Å². The molecule has 0 saturated carbocycles. The van der Waals surface area contributed by atoms with Crippen LogP contribution in [-0.2, 0) is 6.54 Å². The van der Waals surface area contributed by atoms with Gasteiger partial charge in [0.1, 0.15) is 0 Å². The number of fused-ring (bicyclic) bond motifs is 4. The molecule has 0 atom stereocenters. The molecule has 0 radical (unpaired) electrons. The van der Waals surface area contributed by atoms with Gasteiger partial charge in [-0.1, -0.05) is 18.2 Å². The van der Waals surface area contributed by atoms with E-state index in [1.54, 1.807) is 11.3 Å². The van der Waals surface area contributed by atoms with Gasteiger partial charge in [0.25, 0.3) is 0 Å². The SMILES string of the molecule is CCn1c2ccccc2c2cc3ncsc3cc21. The molecule has 3 heteroatoms. The molecule has 2 heterocycles. The molecule has 0 spiro atoms. The lowest BCUT2D eigenvalue weighted by atomic mass is 10.1. The molecule has 0 fully saturated rings. The van der Waals surface area contributed by atoms with Gasteiger partial charge in [0, 0.05) is 22.8 Å². The Morgan fingerprint density at radius 2 is 2.00 bits per heavy atom. The van der Waals surface area contributed by atoms with Crippen molar-refractivity contribution < 1.29 is 0 Å². The van der Waals surface area contributed by atoms with Crippen LogP contribution in [0.15, 0.2) is 41.9 Å². The molecule has 4 rings (SSSR count). The fourth-order valence-corrected chi connectivity index (χ4v) is 3.43. The van der Waals surface area contributed by atoms with Gasteiger partial charge in [0.2, 0.25) is 0 Å². The summed E-state index contributed by atoms with van der Waals surface area (Å²) >= 11 is 1.71. The minimum atomic E-state index is 0.994.